The number of rotatable bonds is 3. The maximum Gasteiger partial charge on any atom is 0.204 e. The lowest BCUT2D eigenvalue weighted by atomic mass is 10.1. The fraction of sp³-hybridized carbons (Fsp3) is 0.167. The van der Waals surface area contributed by atoms with Crippen LogP contribution in [0.1, 0.15) is 5.56 Å². The SMILES string of the molecule is COc1c(O)cc(OC)c2c(=O)cc(-c3cc(C)cc(Cl)c3)oc12. The lowest BCUT2D eigenvalue weighted by molar-refractivity contribution is 0.364. The quantitative estimate of drug-likeness (QED) is 0.771. The van der Waals surface area contributed by atoms with Gasteiger partial charge in [0.2, 0.25) is 5.75 Å². The Morgan fingerprint density at radius 1 is 1.08 bits per heavy atom. The molecule has 3 rings (SSSR count). The summed E-state index contributed by atoms with van der Waals surface area (Å²) in [7, 11) is 2.80. The molecule has 0 fully saturated rings. The zero-order valence-electron chi connectivity index (χ0n) is 13.3. The Bertz CT molecular complexity index is 971. The van der Waals surface area contributed by atoms with E-state index in [2.05, 4.69) is 0 Å². The summed E-state index contributed by atoms with van der Waals surface area (Å²) in [6.07, 6.45) is 0. The number of hydrogen-bond donors (Lipinski definition) is 1. The lowest BCUT2D eigenvalue weighted by Gasteiger charge is -2.12. The summed E-state index contributed by atoms with van der Waals surface area (Å²) < 4.78 is 16.2. The van der Waals surface area contributed by atoms with Crippen molar-refractivity contribution in [3.05, 3.63) is 51.1 Å². The van der Waals surface area contributed by atoms with Gasteiger partial charge in [0.15, 0.2) is 16.8 Å². The number of aryl methyl sites for hydroxylation is 1. The van der Waals surface area contributed by atoms with Crippen LogP contribution < -0.4 is 14.9 Å². The molecule has 1 heterocycles. The highest BCUT2D eigenvalue weighted by atomic mass is 35.5. The molecule has 0 spiro atoms. The lowest BCUT2D eigenvalue weighted by Crippen LogP contribution is -2.04. The number of methoxy groups -OCH3 is 2. The molecule has 3 aromatic rings. The second-order valence-electron chi connectivity index (χ2n) is 5.33. The van der Waals surface area contributed by atoms with Crippen molar-refractivity contribution in [3.8, 4) is 28.6 Å². The van der Waals surface area contributed by atoms with Crippen LogP contribution in [0, 0.1) is 6.92 Å². The zero-order valence-corrected chi connectivity index (χ0v) is 14.1. The van der Waals surface area contributed by atoms with Gasteiger partial charge in [0.1, 0.15) is 16.9 Å². The number of halogens is 1. The topological polar surface area (TPSA) is 68.9 Å². The van der Waals surface area contributed by atoms with Crippen LogP contribution in [0.3, 0.4) is 0 Å². The van der Waals surface area contributed by atoms with Crippen LogP contribution in [0.2, 0.25) is 5.02 Å². The van der Waals surface area contributed by atoms with Gasteiger partial charge in [-0.15, -0.1) is 0 Å². The third-order valence-corrected chi connectivity index (χ3v) is 3.87. The van der Waals surface area contributed by atoms with Gasteiger partial charge in [0.25, 0.3) is 0 Å². The number of phenols is 1. The van der Waals surface area contributed by atoms with E-state index in [9.17, 15) is 9.90 Å². The molecule has 0 amide bonds. The monoisotopic (exact) mass is 346 g/mol. The number of fused-ring (bicyclic) bond motifs is 1. The molecule has 0 aliphatic heterocycles. The van der Waals surface area contributed by atoms with E-state index in [0.29, 0.717) is 16.3 Å². The molecule has 0 saturated heterocycles. The second kappa shape index (κ2) is 6.09. The van der Waals surface area contributed by atoms with E-state index in [0.717, 1.165) is 5.56 Å². The van der Waals surface area contributed by atoms with Crippen molar-refractivity contribution in [3.63, 3.8) is 0 Å². The molecule has 0 aliphatic carbocycles. The van der Waals surface area contributed by atoms with E-state index >= 15 is 0 Å². The van der Waals surface area contributed by atoms with Crippen molar-refractivity contribution in [2.45, 2.75) is 6.92 Å². The van der Waals surface area contributed by atoms with Gasteiger partial charge in [-0.2, -0.15) is 0 Å². The average molecular weight is 347 g/mol. The van der Waals surface area contributed by atoms with E-state index in [-0.39, 0.29) is 33.6 Å². The van der Waals surface area contributed by atoms with Gasteiger partial charge in [-0.05, 0) is 30.7 Å². The highest BCUT2D eigenvalue weighted by Crippen LogP contribution is 2.40. The summed E-state index contributed by atoms with van der Waals surface area (Å²) in [5.41, 5.74) is 1.40. The minimum atomic E-state index is -0.306. The first-order valence-corrected chi connectivity index (χ1v) is 7.51. The summed E-state index contributed by atoms with van der Waals surface area (Å²) in [6, 6.07) is 8.04. The van der Waals surface area contributed by atoms with Gasteiger partial charge in [0.05, 0.1) is 14.2 Å². The molecule has 6 heteroatoms. The second-order valence-corrected chi connectivity index (χ2v) is 5.76. The molecular weight excluding hydrogens is 332 g/mol. The van der Waals surface area contributed by atoms with Crippen LogP contribution in [-0.4, -0.2) is 19.3 Å². The molecule has 0 radical (unpaired) electrons. The number of aromatic hydroxyl groups is 1. The summed E-state index contributed by atoms with van der Waals surface area (Å²) in [4.78, 5) is 12.6. The molecule has 0 atom stereocenters. The molecular formula is C18H15ClO5. The molecule has 2 aromatic carbocycles. The Balaban J connectivity index is 2.39. The maximum atomic E-state index is 12.6. The summed E-state index contributed by atoms with van der Waals surface area (Å²) in [5, 5.41) is 10.8. The van der Waals surface area contributed by atoms with Gasteiger partial charge in [0, 0.05) is 22.7 Å². The van der Waals surface area contributed by atoms with E-state index in [1.165, 1.54) is 26.4 Å². The Morgan fingerprint density at radius 2 is 1.83 bits per heavy atom. The molecule has 1 N–H and O–H groups in total. The molecule has 0 unspecified atom stereocenters. The standard InChI is InChI=1S/C18H15ClO5/c1-9-4-10(6-11(19)5-9)14-7-12(20)16-15(22-2)8-13(21)17(23-3)18(16)24-14/h4-8,21H,1-3H3. The first-order chi connectivity index (χ1) is 11.4. The van der Waals surface area contributed by atoms with Crippen LogP contribution in [0.4, 0.5) is 0 Å². The van der Waals surface area contributed by atoms with Gasteiger partial charge in [-0.1, -0.05) is 11.6 Å². The van der Waals surface area contributed by atoms with Gasteiger partial charge in [-0.25, -0.2) is 0 Å². The number of hydrogen-bond acceptors (Lipinski definition) is 5. The predicted octanol–water partition coefficient (Wildman–Crippen LogP) is 4.14. The van der Waals surface area contributed by atoms with Crippen molar-refractivity contribution in [2.24, 2.45) is 0 Å². The van der Waals surface area contributed by atoms with E-state index < -0.39 is 0 Å². The van der Waals surface area contributed by atoms with E-state index in [1.807, 2.05) is 13.0 Å². The summed E-state index contributed by atoms with van der Waals surface area (Å²) in [5.74, 6) is 0.433. The van der Waals surface area contributed by atoms with Crippen molar-refractivity contribution >= 4 is 22.6 Å². The molecule has 0 saturated carbocycles. The van der Waals surface area contributed by atoms with Crippen LogP contribution in [0.15, 0.2) is 39.5 Å². The summed E-state index contributed by atoms with van der Waals surface area (Å²) >= 11 is 6.09. The van der Waals surface area contributed by atoms with E-state index in [4.69, 9.17) is 25.5 Å². The first kappa shape index (κ1) is 16.2. The molecule has 1 aromatic heterocycles. The van der Waals surface area contributed by atoms with Crippen LogP contribution >= 0.6 is 11.6 Å². The van der Waals surface area contributed by atoms with E-state index in [1.54, 1.807) is 12.1 Å². The highest BCUT2D eigenvalue weighted by Gasteiger charge is 2.19. The summed E-state index contributed by atoms with van der Waals surface area (Å²) in [6.45, 7) is 1.89. The minimum absolute atomic E-state index is 0.0727. The largest absolute Gasteiger partial charge is 0.504 e. The Hall–Kier alpha value is -2.66. The number of phenolic OH excluding ortho intramolecular Hbond substituents is 1. The maximum absolute atomic E-state index is 12.6. The average Bonchev–Trinajstić information content (AvgIpc) is 2.52. The third-order valence-electron chi connectivity index (χ3n) is 3.65. The van der Waals surface area contributed by atoms with Gasteiger partial charge >= 0.3 is 0 Å². The molecule has 0 aliphatic rings. The smallest absolute Gasteiger partial charge is 0.204 e. The first-order valence-electron chi connectivity index (χ1n) is 7.14. The Kier molecular flexibility index (Phi) is 4.11. The molecule has 124 valence electrons. The number of benzene rings is 2. The normalized spacial score (nSPS) is 10.8. The Labute approximate surface area is 143 Å². The van der Waals surface area contributed by atoms with Crippen LogP contribution in [0.25, 0.3) is 22.3 Å². The van der Waals surface area contributed by atoms with Crippen molar-refractivity contribution in [1.82, 2.24) is 0 Å². The molecule has 24 heavy (non-hydrogen) atoms. The van der Waals surface area contributed by atoms with Crippen LogP contribution in [-0.2, 0) is 0 Å². The fourth-order valence-corrected chi connectivity index (χ4v) is 2.93. The fourth-order valence-electron chi connectivity index (χ4n) is 2.64. The van der Waals surface area contributed by atoms with Gasteiger partial charge in [-0.3, -0.25) is 4.79 Å². The molecule has 5 nitrogen and oxygen atoms in total. The highest BCUT2D eigenvalue weighted by molar-refractivity contribution is 6.30. The van der Waals surface area contributed by atoms with Crippen LogP contribution in [0.5, 0.6) is 17.2 Å². The Morgan fingerprint density at radius 3 is 2.46 bits per heavy atom. The van der Waals surface area contributed by atoms with Crippen molar-refractivity contribution in [1.29, 1.82) is 0 Å². The molecule has 0 bridgehead atoms. The zero-order chi connectivity index (χ0) is 17.4. The minimum Gasteiger partial charge on any atom is -0.504 e. The predicted molar refractivity (Wildman–Crippen MR) is 92.4 cm³/mol. The van der Waals surface area contributed by atoms with Crippen molar-refractivity contribution in [2.75, 3.05) is 14.2 Å². The van der Waals surface area contributed by atoms with Gasteiger partial charge < -0.3 is 19.0 Å². The third kappa shape index (κ3) is 2.67. The van der Waals surface area contributed by atoms with Crippen molar-refractivity contribution < 1.29 is 19.0 Å². The number of ether oxygens (including phenoxy) is 2.